The number of benzene rings is 2. The standard InChI is InChI=1S/C31H33N5O3S/c1-20-19-40-28(34-20)27-11-8-13-36(27)29(37)25-16-23(15-24(17-25)26-12-14-38-35-26)21(2)39-30(33-4)31(3,32)18-22-9-6-5-7-10-22/h5-7,9-10,12,14-17,19,27H,2,8,11,13,18,32H2,1,3-4H3. The van der Waals surface area contributed by atoms with E-state index in [1.54, 1.807) is 30.5 Å². The number of hydrogen-bond acceptors (Lipinski definition) is 8. The molecule has 2 atom stereocenters. The van der Waals surface area contributed by atoms with E-state index in [0.717, 1.165) is 34.7 Å². The van der Waals surface area contributed by atoms with Crippen molar-refractivity contribution < 1.29 is 14.1 Å². The SMILES string of the molecule is C=C(OC(=NC)C(C)(N)Cc1ccccc1)c1cc(C(=O)N2CCCC2c2nc(C)cs2)cc(-c2ccon2)c1. The van der Waals surface area contributed by atoms with Gasteiger partial charge >= 0.3 is 0 Å². The average molecular weight is 556 g/mol. The second kappa shape index (κ2) is 11.6. The van der Waals surface area contributed by atoms with Crippen LogP contribution in [-0.2, 0) is 11.2 Å². The molecule has 3 heterocycles. The summed E-state index contributed by atoms with van der Waals surface area (Å²) in [5, 5.41) is 7.08. The van der Waals surface area contributed by atoms with Crippen LogP contribution in [0.3, 0.4) is 0 Å². The topological polar surface area (TPSA) is 107 Å². The molecule has 1 amide bonds. The van der Waals surface area contributed by atoms with Gasteiger partial charge in [0.2, 0.25) is 5.90 Å². The molecule has 5 rings (SSSR count). The van der Waals surface area contributed by atoms with Gasteiger partial charge in [-0.05, 0) is 56.9 Å². The molecule has 2 unspecified atom stereocenters. The van der Waals surface area contributed by atoms with Gasteiger partial charge in [-0.25, -0.2) is 4.98 Å². The third-order valence-electron chi connectivity index (χ3n) is 7.00. The molecule has 0 aliphatic carbocycles. The maximum absolute atomic E-state index is 13.9. The molecule has 206 valence electrons. The number of aromatic nitrogens is 2. The predicted molar refractivity (Wildman–Crippen MR) is 158 cm³/mol. The Morgan fingerprint density at radius 1 is 1.25 bits per heavy atom. The molecule has 4 aromatic rings. The van der Waals surface area contributed by atoms with Gasteiger partial charge in [-0.1, -0.05) is 42.1 Å². The van der Waals surface area contributed by atoms with Gasteiger partial charge in [0.05, 0.1) is 11.6 Å². The number of nitrogens with zero attached hydrogens (tertiary/aromatic N) is 4. The molecule has 0 spiro atoms. The first-order valence-electron chi connectivity index (χ1n) is 13.2. The number of thiazole rings is 1. The summed E-state index contributed by atoms with van der Waals surface area (Å²) in [6.07, 6.45) is 3.84. The quantitative estimate of drug-likeness (QED) is 0.161. The van der Waals surface area contributed by atoms with Crippen molar-refractivity contribution in [3.63, 3.8) is 0 Å². The predicted octanol–water partition coefficient (Wildman–Crippen LogP) is 6.06. The van der Waals surface area contributed by atoms with Gasteiger partial charge < -0.3 is 19.9 Å². The first-order valence-corrected chi connectivity index (χ1v) is 14.1. The van der Waals surface area contributed by atoms with E-state index in [-0.39, 0.29) is 11.9 Å². The van der Waals surface area contributed by atoms with Crippen molar-refractivity contribution in [2.75, 3.05) is 13.6 Å². The number of carbonyl (C=O) groups excluding carboxylic acids is 1. The smallest absolute Gasteiger partial charge is 0.254 e. The molecule has 2 aromatic heterocycles. The van der Waals surface area contributed by atoms with Crippen molar-refractivity contribution in [3.05, 3.63) is 100 Å². The summed E-state index contributed by atoms with van der Waals surface area (Å²) in [6.45, 7) is 8.70. The van der Waals surface area contributed by atoms with E-state index < -0.39 is 5.54 Å². The van der Waals surface area contributed by atoms with Gasteiger partial charge in [0, 0.05) is 47.4 Å². The second-order valence-corrected chi connectivity index (χ2v) is 11.2. The van der Waals surface area contributed by atoms with Crippen LogP contribution < -0.4 is 5.73 Å². The van der Waals surface area contributed by atoms with E-state index in [0.29, 0.717) is 41.4 Å². The van der Waals surface area contributed by atoms with Crippen LogP contribution in [0.25, 0.3) is 17.0 Å². The van der Waals surface area contributed by atoms with Gasteiger partial charge in [0.1, 0.15) is 22.7 Å². The van der Waals surface area contributed by atoms with Crippen LogP contribution in [0.5, 0.6) is 0 Å². The zero-order valence-corrected chi connectivity index (χ0v) is 23.8. The Bertz CT molecular complexity index is 1530. The molecule has 1 aliphatic heterocycles. The molecule has 1 aliphatic rings. The molecule has 40 heavy (non-hydrogen) atoms. The molecule has 8 nitrogen and oxygen atoms in total. The number of nitrogens with two attached hydrogens (primary N) is 1. The van der Waals surface area contributed by atoms with Crippen LogP contribution in [0.15, 0.2) is 82.3 Å². The largest absolute Gasteiger partial charge is 0.441 e. The first kappa shape index (κ1) is 27.5. The summed E-state index contributed by atoms with van der Waals surface area (Å²) in [5.74, 6) is 0.602. The molecular formula is C31H33N5O3S. The minimum absolute atomic E-state index is 0.0421. The Balaban J connectivity index is 1.44. The zero-order valence-electron chi connectivity index (χ0n) is 23.0. The van der Waals surface area contributed by atoms with Crippen LogP contribution >= 0.6 is 11.3 Å². The van der Waals surface area contributed by atoms with Gasteiger partial charge in [0.25, 0.3) is 5.91 Å². The fraction of sp³-hybridized carbons (Fsp3) is 0.290. The zero-order chi connectivity index (χ0) is 28.3. The summed E-state index contributed by atoms with van der Waals surface area (Å²) in [6, 6.07) is 17.2. The number of aliphatic imine (C=N–C) groups is 1. The number of rotatable bonds is 8. The van der Waals surface area contributed by atoms with Gasteiger partial charge in [-0.3, -0.25) is 9.79 Å². The average Bonchev–Trinajstić information content (AvgIpc) is 3.73. The van der Waals surface area contributed by atoms with Crippen LogP contribution in [0, 0.1) is 6.92 Å². The van der Waals surface area contributed by atoms with Crippen molar-refractivity contribution in [1.82, 2.24) is 15.0 Å². The highest BCUT2D eigenvalue weighted by atomic mass is 32.1. The van der Waals surface area contributed by atoms with Gasteiger partial charge in [-0.2, -0.15) is 0 Å². The van der Waals surface area contributed by atoms with E-state index in [1.807, 2.05) is 66.6 Å². The lowest BCUT2D eigenvalue weighted by molar-refractivity contribution is 0.0735. The van der Waals surface area contributed by atoms with Crippen molar-refractivity contribution in [2.24, 2.45) is 10.7 Å². The van der Waals surface area contributed by atoms with Crippen LogP contribution in [0.2, 0.25) is 0 Å². The van der Waals surface area contributed by atoms with Crippen LogP contribution in [0.4, 0.5) is 0 Å². The number of aryl methyl sites for hydroxylation is 1. The molecule has 0 radical (unpaired) electrons. The molecule has 9 heteroatoms. The van der Waals surface area contributed by atoms with E-state index in [4.69, 9.17) is 15.0 Å². The van der Waals surface area contributed by atoms with E-state index in [1.165, 1.54) is 6.26 Å². The van der Waals surface area contributed by atoms with Gasteiger partial charge in [-0.15, -0.1) is 11.3 Å². The molecule has 2 N–H and O–H groups in total. The Labute approximate surface area is 238 Å². The highest BCUT2D eigenvalue weighted by Crippen LogP contribution is 2.36. The second-order valence-electron chi connectivity index (χ2n) is 10.3. The summed E-state index contributed by atoms with van der Waals surface area (Å²) in [7, 11) is 1.65. The lowest BCUT2D eigenvalue weighted by Crippen LogP contribution is -2.48. The lowest BCUT2D eigenvalue weighted by Gasteiger charge is -2.27. The summed E-state index contributed by atoms with van der Waals surface area (Å²) in [5.41, 5.74) is 10.3. The Hall–Kier alpha value is -4.08. The van der Waals surface area contributed by atoms with Crippen molar-refractivity contribution in [3.8, 4) is 11.3 Å². The number of carbonyl (C=O) groups is 1. The number of likely N-dealkylation sites (tertiary alicyclic amines) is 1. The molecular weight excluding hydrogens is 522 g/mol. The molecule has 1 saturated heterocycles. The van der Waals surface area contributed by atoms with Crippen molar-refractivity contribution >= 4 is 28.9 Å². The Morgan fingerprint density at radius 3 is 2.70 bits per heavy atom. The third-order valence-corrected chi connectivity index (χ3v) is 8.06. The summed E-state index contributed by atoms with van der Waals surface area (Å²) in [4.78, 5) is 24.8. The highest BCUT2D eigenvalue weighted by molar-refractivity contribution is 7.09. The fourth-order valence-electron chi connectivity index (χ4n) is 5.07. The fourth-order valence-corrected chi connectivity index (χ4v) is 6.01. The summed E-state index contributed by atoms with van der Waals surface area (Å²) >= 11 is 1.60. The van der Waals surface area contributed by atoms with E-state index >= 15 is 0 Å². The van der Waals surface area contributed by atoms with Crippen LogP contribution in [-0.4, -0.2) is 46.0 Å². The minimum Gasteiger partial charge on any atom is -0.441 e. The normalized spacial score (nSPS) is 17.1. The van der Waals surface area contributed by atoms with Crippen LogP contribution in [0.1, 0.15) is 58.0 Å². The van der Waals surface area contributed by atoms with E-state index in [9.17, 15) is 4.79 Å². The number of ether oxygens (including phenoxy) is 1. The molecule has 0 bridgehead atoms. The minimum atomic E-state index is -0.879. The third kappa shape index (κ3) is 5.90. The number of amides is 1. The Morgan fingerprint density at radius 2 is 2.02 bits per heavy atom. The molecule has 1 fully saturated rings. The van der Waals surface area contributed by atoms with E-state index in [2.05, 4.69) is 21.7 Å². The van der Waals surface area contributed by atoms with Gasteiger partial charge in [0.15, 0.2) is 0 Å². The number of hydrogen-bond donors (Lipinski definition) is 1. The van der Waals surface area contributed by atoms with Crippen molar-refractivity contribution in [2.45, 2.75) is 44.7 Å². The maximum Gasteiger partial charge on any atom is 0.254 e. The first-order chi connectivity index (χ1) is 19.2. The van der Waals surface area contributed by atoms with Crippen molar-refractivity contribution in [1.29, 1.82) is 0 Å². The molecule has 0 saturated carbocycles. The maximum atomic E-state index is 13.9. The monoisotopic (exact) mass is 555 g/mol. The lowest BCUT2D eigenvalue weighted by atomic mass is 9.93. The highest BCUT2D eigenvalue weighted by Gasteiger charge is 2.33. The summed E-state index contributed by atoms with van der Waals surface area (Å²) < 4.78 is 11.3. The Kier molecular flexibility index (Phi) is 7.95. The molecule has 2 aromatic carbocycles.